The molecule has 4 rings (SSSR count). The largest absolute Gasteiger partial charge is 0.514 e. The number of aliphatic hydroxyl groups is 1. The van der Waals surface area contributed by atoms with E-state index in [1.165, 1.54) is 0 Å². The lowest BCUT2D eigenvalue weighted by atomic mass is 10.00. The van der Waals surface area contributed by atoms with Gasteiger partial charge in [0.2, 0.25) is 0 Å². The van der Waals surface area contributed by atoms with Gasteiger partial charge in [-0.25, -0.2) is 0 Å². The average Bonchev–Trinajstić information content (AvgIpc) is 3.14. The van der Waals surface area contributed by atoms with Gasteiger partial charge in [-0.1, -0.05) is 67.1 Å². The highest BCUT2D eigenvalue weighted by atomic mass is 35.5. The fraction of sp³-hybridized carbons (Fsp3) is 0.192. The molecule has 1 aliphatic rings. The summed E-state index contributed by atoms with van der Waals surface area (Å²) in [6, 6.07) is 22.5. The van der Waals surface area contributed by atoms with Crippen LogP contribution in [0, 0.1) is 5.92 Å². The first-order chi connectivity index (χ1) is 15.0. The Morgan fingerprint density at radius 3 is 2.42 bits per heavy atom. The summed E-state index contributed by atoms with van der Waals surface area (Å²) in [6.45, 7) is 2.00. The van der Waals surface area contributed by atoms with Crippen LogP contribution in [0.3, 0.4) is 0 Å². The highest BCUT2D eigenvalue weighted by Gasteiger charge is 2.40. The van der Waals surface area contributed by atoms with E-state index >= 15 is 0 Å². The van der Waals surface area contributed by atoms with Gasteiger partial charge in [0, 0.05) is 22.1 Å². The van der Waals surface area contributed by atoms with Crippen molar-refractivity contribution >= 4 is 17.5 Å². The van der Waals surface area contributed by atoms with Crippen molar-refractivity contribution in [3.8, 4) is 16.9 Å². The number of hydrogen-bond acceptors (Lipinski definition) is 3. The van der Waals surface area contributed by atoms with Crippen LogP contribution in [-0.2, 0) is 0 Å². The normalized spacial score (nSPS) is 19.6. The Morgan fingerprint density at radius 2 is 1.74 bits per heavy atom. The first-order valence-corrected chi connectivity index (χ1v) is 10.6. The first-order valence-electron chi connectivity index (χ1n) is 10.2. The van der Waals surface area contributed by atoms with Crippen LogP contribution in [0.15, 0.2) is 84.8 Å². The highest BCUT2D eigenvalue weighted by Crippen LogP contribution is 2.45. The molecule has 0 bridgehead atoms. The number of methoxy groups -OCH3 is 1. The zero-order valence-corrected chi connectivity index (χ0v) is 18.2. The van der Waals surface area contributed by atoms with Crippen LogP contribution in [0.5, 0.6) is 5.75 Å². The summed E-state index contributed by atoms with van der Waals surface area (Å²) in [6.07, 6.45) is 1.74. The number of carbonyl (C=O) groups is 1. The topological polar surface area (TPSA) is 49.8 Å². The molecule has 0 unspecified atom stereocenters. The summed E-state index contributed by atoms with van der Waals surface area (Å²) in [5, 5.41) is 10.5. The third kappa shape index (κ3) is 3.91. The number of halogens is 1. The molecule has 5 heteroatoms. The molecule has 1 saturated heterocycles. The lowest BCUT2D eigenvalue weighted by molar-refractivity contribution is 0.0771. The molecular formula is C26H24ClNO3. The molecule has 0 saturated carbocycles. The number of nitrogens with zero attached hydrogens (tertiary/aromatic N) is 1. The number of para-hydroxylation sites is 1. The van der Waals surface area contributed by atoms with Crippen molar-refractivity contribution in [2.45, 2.75) is 19.4 Å². The van der Waals surface area contributed by atoms with E-state index in [0.29, 0.717) is 22.7 Å². The lowest BCUT2D eigenvalue weighted by Crippen LogP contribution is -2.30. The summed E-state index contributed by atoms with van der Waals surface area (Å²) in [7, 11) is 1.64. The number of hydrogen-bond donors (Lipinski definition) is 1. The van der Waals surface area contributed by atoms with Gasteiger partial charge < -0.3 is 14.7 Å². The second-order valence-electron chi connectivity index (χ2n) is 7.68. The minimum atomic E-state index is -0.233. The molecule has 31 heavy (non-hydrogen) atoms. The summed E-state index contributed by atoms with van der Waals surface area (Å²) in [5.41, 5.74) is 3.95. The number of rotatable bonds is 4. The minimum absolute atomic E-state index is 0.0306. The molecule has 0 aliphatic carbocycles. The molecule has 1 heterocycles. The van der Waals surface area contributed by atoms with E-state index in [0.717, 1.165) is 28.7 Å². The van der Waals surface area contributed by atoms with Gasteiger partial charge >= 0.3 is 0 Å². The number of likely N-dealkylation sites (tertiary alicyclic amines) is 1. The van der Waals surface area contributed by atoms with Gasteiger partial charge in [-0.05, 0) is 41.8 Å². The average molecular weight is 434 g/mol. The van der Waals surface area contributed by atoms with Crippen LogP contribution in [0.4, 0.5) is 0 Å². The van der Waals surface area contributed by atoms with E-state index in [1.807, 2.05) is 79.7 Å². The molecule has 2 atom stereocenters. The second kappa shape index (κ2) is 8.86. The van der Waals surface area contributed by atoms with E-state index in [-0.39, 0.29) is 17.9 Å². The van der Waals surface area contributed by atoms with Crippen LogP contribution in [0.1, 0.15) is 35.3 Å². The number of benzene rings is 3. The predicted octanol–water partition coefficient (Wildman–Crippen LogP) is 6.64. The van der Waals surface area contributed by atoms with Gasteiger partial charge in [-0.3, -0.25) is 4.79 Å². The third-order valence-electron chi connectivity index (χ3n) is 5.84. The van der Waals surface area contributed by atoms with Crippen molar-refractivity contribution in [2.24, 2.45) is 5.92 Å². The Bertz CT molecular complexity index is 1120. The van der Waals surface area contributed by atoms with Gasteiger partial charge in [0.25, 0.3) is 5.91 Å². The van der Waals surface area contributed by atoms with Gasteiger partial charge in [0.05, 0.1) is 25.1 Å². The molecule has 1 amide bonds. The van der Waals surface area contributed by atoms with Crippen LogP contribution in [0.2, 0.25) is 5.02 Å². The van der Waals surface area contributed by atoms with Crippen molar-refractivity contribution in [3.63, 3.8) is 0 Å². The first kappa shape index (κ1) is 21.0. The molecule has 3 aromatic rings. The van der Waals surface area contributed by atoms with Gasteiger partial charge in [-0.2, -0.15) is 0 Å². The Balaban J connectivity index is 1.69. The maximum Gasteiger partial charge on any atom is 0.258 e. The summed E-state index contributed by atoms with van der Waals surface area (Å²) < 4.78 is 5.45. The summed E-state index contributed by atoms with van der Waals surface area (Å²) in [4.78, 5) is 15.2. The zero-order chi connectivity index (χ0) is 22.0. The van der Waals surface area contributed by atoms with Crippen molar-refractivity contribution in [2.75, 3.05) is 7.11 Å². The Labute approximate surface area is 187 Å². The minimum Gasteiger partial charge on any atom is -0.514 e. The molecule has 0 spiro atoms. The van der Waals surface area contributed by atoms with Crippen molar-refractivity contribution < 1.29 is 14.6 Å². The molecule has 1 fully saturated rings. The fourth-order valence-electron chi connectivity index (χ4n) is 4.25. The Kier molecular flexibility index (Phi) is 6.01. The zero-order valence-electron chi connectivity index (χ0n) is 17.5. The van der Waals surface area contributed by atoms with Gasteiger partial charge in [0.1, 0.15) is 5.75 Å². The maximum absolute atomic E-state index is 13.5. The standard InChI is InChI=1S/C26H24ClNO3/c1-17-15-23(21-8-3-5-9-22(21)27)28(24(17)16-29)26(30)19-13-11-18(12-14-19)20-7-4-6-10-25(20)31-2/h3-14,16-17,23,29H,15H2,1-2H3/b24-16+/t17-,23-/m0/s1. The number of allylic oxidation sites excluding steroid dienone is 1. The van der Waals surface area contributed by atoms with E-state index in [9.17, 15) is 9.90 Å². The summed E-state index contributed by atoms with van der Waals surface area (Å²) >= 11 is 6.44. The van der Waals surface area contributed by atoms with Crippen molar-refractivity contribution in [1.29, 1.82) is 0 Å². The van der Waals surface area contributed by atoms with Crippen LogP contribution >= 0.6 is 11.6 Å². The molecule has 4 nitrogen and oxygen atoms in total. The van der Waals surface area contributed by atoms with Crippen LogP contribution < -0.4 is 4.74 Å². The molecular weight excluding hydrogens is 410 g/mol. The monoisotopic (exact) mass is 433 g/mol. The predicted molar refractivity (Wildman–Crippen MR) is 123 cm³/mol. The SMILES string of the molecule is COc1ccccc1-c1ccc(C(=O)N2/C(=C/O)[C@@H](C)C[C@H]2c2ccccc2Cl)cc1. The molecule has 0 radical (unpaired) electrons. The van der Waals surface area contributed by atoms with Gasteiger partial charge in [0.15, 0.2) is 0 Å². The summed E-state index contributed by atoms with van der Waals surface area (Å²) in [5.74, 6) is 0.642. The Morgan fingerprint density at radius 1 is 1.06 bits per heavy atom. The van der Waals surface area contributed by atoms with Crippen LogP contribution in [0.25, 0.3) is 11.1 Å². The fourth-order valence-corrected chi connectivity index (χ4v) is 4.51. The number of ether oxygens (including phenoxy) is 1. The second-order valence-corrected chi connectivity index (χ2v) is 8.09. The van der Waals surface area contributed by atoms with E-state index in [4.69, 9.17) is 16.3 Å². The third-order valence-corrected chi connectivity index (χ3v) is 6.18. The number of aliphatic hydroxyl groups excluding tert-OH is 1. The molecule has 158 valence electrons. The number of carbonyl (C=O) groups excluding carboxylic acids is 1. The maximum atomic E-state index is 13.5. The van der Waals surface area contributed by atoms with Gasteiger partial charge in [-0.15, -0.1) is 0 Å². The van der Waals surface area contributed by atoms with E-state index in [1.54, 1.807) is 12.0 Å². The van der Waals surface area contributed by atoms with E-state index < -0.39 is 0 Å². The molecule has 3 aromatic carbocycles. The number of amides is 1. The van der Waals surface area contributed by atoms with Crippen LogP contribution in [-0.4, -0.2) is 23.0 Å². The molecule has 1 aliphatic heterocycles. The molecule has 0 aromatic heterocycles. The van der Waals surface area contributed by atoms with Crippen molar-refractivity contribution in [3.05, 3.63) is 101 Å². The highest BCUT2D eigenvalue weighted by molar-refractivity contribution is 6.31. The smallest absolute Gasteiger partial charge is 0.258 e. The van der Waals surface area contributed by atoms with E-state index in [2.05, 4.69) is 0 Å². The van der Waals surface area contributed by atoms with Crippen molar-refractivity contribution in [1.82, 2.24) is 4.90 Å². The Hall–Kier alpha value is -3.24. The quantitative estimate of drug-likeness (QED) is 0.469. The lowest BCUT2D eigenvalue weighted by Gasteiger charge is -2.27. The molecule has 1 N–H and O–H groups in total.